The third kappa shape index (κ3) is 2.72. The van der Waals surface area contributed by atoms with Crippen LogP contribution in [0.2, 0.25) is 0 Å². The van der Waals surface area contributed by atoms with Gasteiger partial charge in [0.15, 0.2) is 0 Å². The van der Waals surface area contributed by atoms with Crippen LogP contribution in [-0.4, -0.2) is 38.0 Å². The quantitative estimate of drug-likeness (QED) is 0.666. The number of carbonyl (C=O) groups excluding carboxylic acids is 1. The second-order valence-corrected chi connectivity index (χ2v) is 10.3. The van der Waals surface area contributed by atoms with E-state index in [4.69, 9.17) is 10.7 Å². The highest BCUT2D eigenvalue weighted by Gasteiger charge is 2.59. The van der Waals surface area contributed by atoms with Gasteiger partial charge in [0, 0.05) is 28.7 Å². The first-order valence-corrected chi connectivity index (χ1v) is 10.5. The third-order valence-corrected chi connectivity index (χ3v) is 7.70. The first-order valence-electron chi connectivity index (χ1n) is 8.15. The molecule has 1 saturated heterocycles. The van der Waals surface area contributed by atoms with Crippen LogP contribution < -0.4 is 0 Å². The molecule has 0 N–H and O–H groups in total. The molecule has 2 aliphatic rings. The molecule has 1 aliphatic heterocycles. The molecule has 1 heterocycles. The Morgan fingerprint density at radius 3 is 2.42 bits per heavy atom. The van der Waals surface area contributed by atoms with E-state index in [0.29, 0.717) is 12.0 Å². The molecule has 2 unspecified atom stereocenters. The smallest absolute Gasteiger partial charge is 0.331 e. The fourth-order valence-corrected chi connectivity index (χ4v) is 5.27. The summed E-state index contributed by atoms with van der Waals surface area (Å²) in [7, 11) is 1.46. The Labute approximate surface area is 154 Å². The van der Waals surface area contributed by atoms with E-state index in [0.717, 1.165) is 10.5 Å². The lowest BCUT2D eigenvalue weighted by atomic mass is 9.51. The van der Waals surface area contributed by atoms with E-state index in [-0.39, 0.29) is 17.9 Å². The highest BCUT2D eigenvalue weighted by Crippen LogP contribution is 2.56. The molecule has 2 atom stereocenters. The number of rotatable bonds is 1. The SMILES string of the molecule is CC12CCN(C(=O)C(F)(F)F)C(Cc3cc(S(=O)(=O)Cl)ccc31)C2(C)C. The summed E-state index contributed by atoms with van der Waals surface area (Å²) in [5.74, 6) is -1.85. The highest BCUT2D eigenvalue weighted by atomic mass is 35.7. The van der Waals surface area contributed by atoms with E-state index in [9.17, 15) is 26.4 Å². The maximum Gasteiger partial charge on any atom is 0.471 e. The van der Waals surface area contributed by atoms with Gasteiger partial charge in [0.1, 0.15) is 0 Å². The number of fused-ring (bicyclic) bond motifs is 4. The van der Waals surface area contributed by atoms with E-state index in [1.807, 2.05) is 20.8 Å². The van der Waals surface area contributed by atoms with E-state index in [1.54, 1.807) is 6.07 Å². The van der Waals surface area contributed by atoms with Gasteiger partial charge in [-0.1, -0.05) is 26.8 Å². The molecule has 1 aromatic carbocycles. The number of hydrogen-bond acceptors (Lipinski definition) is 3. The van der Waals surface area contributed by atoms with Gasteiger partial charge in [-0.3, -0.25) is 4.79 Å². The van der Waals surface area contributed by atoms with Crippen LogP contribution in [-0.2, 0) is 25.7 Å². The summed E-state index contributed by atoms with van der Waals surface area (Å²) in [6.07, 6.45) is -4.43. The van der Waals surface area contributed by atoms with Crippen molar-refractivity contribution in [1.29, 1.82) is 0 Å². The van der Waals surface area contributed by atoms with Crippen molar-refractivity contribution in [2.24, 2.45) is 5.41 Å². The lowest BCUT2D eigenvalue weighted by Crippen LogP contribution is -2.66. The number of halogens is 4. The zero-order valence-electron chi connectivity index (χ0n) is 14.5. The highest BCUT2D eigenvalue weighted by molar-refractivity contribution is 8.13. The molecule has 2 bridgehead atoms. The lowest BCUT2D eigenvalue weighted by molar-refractivity contribution is -0.195. The molecule has 0 aromatic heterocycles. The van der Waals surface area contributed by atoms with Crippen molar-refractivity contribution in [3.05, 3.63) is 29.3 Å². The van der Waals surface area contributed by atoms with Gasteiger partial charge in [0.05, 0.1) is 4.90 Å². The summed E-state index contributed by atoms with van der Waals surface area (Å²) >= 11 is 0. The summed E-state index contributed by atoms with van der Waals surface area (Å²) in [6.45, 7) is 5.70. The number of hydrogen-bond donors (Lipinski definition) is 0. The van der Waals surface area contributed by atoms with Gasteiger partial charge in [0.25, 0.3) is 9.05 Å². The summed E-state index contributed by atoms with van der Waals surface area (Å²) in [5.41, 5.74) is 0.433. The minimum atomic E-state index is -4.94. The maximum atomic E-state index is 13.0. The fraction of sp³-hybridized carbons (Fsp3) is 0.588. The number of nitrogens with zero attached hydrogens (tertiary/aromatic N) is 1. The normalized spacial score (nSPS) is 27.8. The molecule has 1 aliphatic carbocycles. The summed E-state index contributed by atoms with van der Waals surface area (Å²) in [4.78, 5) is 12.7. The van der Waals surface area contributed by atoms with Crippen LogP contribution in [0, 0.1) is 5.41 Å². The average Bonchev–Trinajstić information content (AvgIpc) is 2.48. The standard InChI is InChI=1S/C17H19ClF3NO3S/c1-15(2)13-9-10-8-11(26(18,24)25)4-5-12(10)16(15,3)6-7-22(13)14(23)17(19,20)21/h4-5,8,13H,6-7,9H2,1-3H3. The molecular weight excluding hydrogens is 391 g/mol. The van der Waals surface area contributed by atoms with Crippen molar-refractivity contribution < 1.29 is 26.4 Å². The topological polar surface area (TPSA) is 54.5 Å². The van der Waals surface area contributed by atoms with Crippen molar-refractivity contribution in [2.45, 2.75) is 56.1 Å². The summed E-state index contributed by atoms with van der Waals surface area (Å²) in [5, 5.41) is 0. The van der Waals surface area contributed by atoms with Crippen molar-refractivity contribution in [1.82, 2.24) is 4.90 Å². The molecule has 26 heavy (non-hydrogen) atoms. The zero-order chi connectivity index (χ0) is 19.7. The molecule has 144 valence electrons. The first-order chi connectivity index (χ1) is 11.7. The van der Waals surface area contributed by atoms with Crippen LogP contribution in [0.5, 0.6) is 0 Å². The van der Waals surface area contributed by atoms with Gasteiger partial charge in [-0.2, -0.15) is 13.2 Å². The largest absolute Gasteiger partial charge is 0.471 e. The number of benzene rings is 1. The molecule has 1 amide bonds. The Hall–Kier alpha value is -1.28. The molecule has 1 aromatic rings. The predicted octanol–water partition coefficient (Wildman–Crippen LogP) is 3.62. The second kappa shape index (κ2) is 5.61. The van der Waals surface area contributed by atoms with Crippen molar-refractivity contribution in [2.75, 3.05) is 6.54 Å². The Morgan fingerprint density at radius 1 is 1.27 bits per heavy atom. The van der Waals surface area contributed by atoms with Crippen molar-refractivity contribution >= 4 is 25.6 Å². The summed E-state index contributed by atoms with van der Waals surface area (Å²) in [6, 6.07) is 3.86. The van der Waals surface area contributed by atoms with E-state index < -0.39 is 38.0 Å². The number of alkyl halides is 3. The van der Waals surface area contributed by atoms with Crippen LogP contribution in [0.4, 0.5) is 13.2 Å². The molecular formula is C17H19ClF3NO3S. The zero-order valence-corrected chi connectivity index (χ0v) is 16.1. The molecule has 1 fully saturated rings. The van der Waals surface area contributed by atoms with Crippen molar-refractivity contribution in [3.8, 4) is 0 Å². The Kier molecular flexibility index (Phi) is 4.20. The van der Waals surface area contributed by atoms with Gasteiger partial charge >= 0.3 is 12.1 Å². The fourth-order valence-electron chi connectivity index (χ4n) is 4.47. The molecule has 4 nitrogen and oxygen atoms in total. The number of piperidine rings is 1. The number of amides is 1. The molecule has 3 rings (SSSR count). The van der Waals surface area contributed by atoms with Gasteiger partial charge in [-0.25, -0.2) is 8.42 Å². The molecule has 0 saturated carbocycles. The summed E-state index contributed by atoms with van der Waals surface area (Å²) < 4.78 is 62.4. The molecule has 9 heteroatoms. The minimum Gasteiger partial charge on any atom is -0.331 e. The molecule has 0 spiro atoms. The van der Waals surface area contributed by atoms with E-state index in [1.165, 1.54) is 12.1 Å². The number of carbonyl (C=O) groups is 1. The van der Waals surface area contributed by atoms with E-state index in [2.05, 4.69) is 0 Å². The van der Waals surface area contributed by atoms with Crippen LogP contribution in [0.15, 0.2) is 23.1 Å². The minimum absolute atomic E-state index is 0.0118. The predicted molar refractivity (Wildman–Crippen MR) is 90.5 cm³/mol. The Morgan fingerprint density at radius 2 is 1.88 bits per heavy atom. The van der Waals surface area contributed by atoms with Gasteiger partial charge in [0.2, 0.25) is 0 Å². The second-order valence-electron chi connectivity index (χ2n) is 7.78. The van der Waals surface area contributed by atoms with Crippen LogP contribution in [0.1, 0.15) is 38.3 Å². The Bertz CT molecular complexity index is 882. The van der Waals surface area contributed by atoms with Crippen LogP contribution in [0.3, 0.4) is 0 Å². The number of likely N-dealkylation sites (tertiary alicyclic amines) is 1. The first kappa shape index (κ1) is 19.5. The monoisotopic (exact) mass is 409 g/mol. The average molecular weight is 410 g/mol. The molecule has 0 radical (unpaired) electrons. The Balaban J connectivity index is 2.14. The van der Waals surface area contributed by atoms with Crippen LogP contribution in [0.25, 0.3) is 0 Å². The lowest BCUT2D eigenvalue weighted by Gasteiger charge is -2.60. The van der Waals surface area contributed by atoms with Gasteiger partial charge in [-0.15, -0.1) is 0 Å². The van der Waals surface area contributed by atoms with Gasteiger partial charge < -0.3 is 4.90 Å². The van der Waals surface area contributed by atoms with Crippen LogP contribution >= 0.6 is 10.7 Å². The third-order valence-electron chi connectivity index (χ3n) is 6.35. The van der Waals surface area contributed by atoms with E-state index >= 15 is 0 Å². The maximum absolute atomic E-state index is 13.0. The van der Waals surface area contributed by atoms with Crippen molar-refractivity contribution in [3.63, 3.8) is 0 Å². The van der Waals surface area contributed by atoms with Gasteiger partial charge in [-0.05, 0) is 41.5 Å².